The number of rotatable bonds is 6. The lowest BCUT2D eigenvalue weighted by Gasteiger charge is -2.31. The molecule has 0 saturated carbocycles. The molecule has 2 aliphatic rings. The smallest absolute Gasteiger partial charge is 0.295 e. The first-order valence-electron chi connectivity index (χ1n) is 10.6. The van der Waals surface area contributed by atoms with E-state index in [2.05, 4.69) is 4.90 Å². The summed E-state index contributed by atoms with van der Waals surface area (Å²) in [4.78, 5) is 29.6. The standard InChI is InChI=1S/C24H24ClFN2O5/c1-32-19-6-5-16(14-18(19)25)22(29)20-21(15-3-2-4-17(26)13-15)28(24(31)23(20)30)8-7-27-9-11-33-12-10-27/h2-6,13-14,21,29H,7-12H2,1H3/b22-20-. The molecule has 4 rings (SSSR count). The van der Waals surface area contributed by atoms with Crippen LogP contribution < -0.4 is 4.74 Å². The van der Waals surface area contributed by atoms with Crippen LogP contribution in [0, 0.1) is 5.82 Å². The van der Waals surface area contributed by atoms with Gasteiger partial charge in [-0.2, -0.15) is 0 Å². The van der Waals surface area contributed by atoms with Gasteiger partial charge in [-0.3, -0.25) is 14.5 Å². The molecule has 33 heavy (non-hydrogen) atoms. The van der Waals surface area contributed by atoms with Crippen molar-refractivity contribution >= 4 is 29.1 Å². The third kappa shape index (κ3) is 4.73. The van der Waals surface area contributed by atoms with E-state index < -0.39 is 23.5 Å². The Morgan fingerprint density at radius 3 is 2.61 bits per heavy atom. The molecular weight excluding hydrogens is 451 g/mol. The number of hydrogen-bond acceptors (Lipinski definition) is 6. The Labute approximate surface area is 195 Å². The fourth-order valence-corrected chi connectivity index (χ4v) is 4.43. The number of methoxy groups -OCH3 is 1. The van der Waals surface area contributed by atoms with Gasteiger partial charge in [-0.05, 0) is 35.9 Å². The number of aliphatic hydroxyl groups is 1. The summed E-state index contributed by atoms with van der Waals surface area (Å²) < 4.78 is 24.6. The van der Waals surface area contributed by atoms with Crippen LogP contribution in [-0.2, 0) is 14.3 Å². The largest absolute Gasteiger partial charge is 0.507 e. The van der Waals surface area contributed by atoms with Crippen LogP contribution in [0.15, 0.2) is 48.0 Å². The van der Waals surface area contributed by atoms with Crippen molar-refractivity contribution in [3.8, 4) is 5.75 Å². The number of halogens is 2. The molecule has 9 heteroatoms. The van der Waals surface area contributed by atoms with Gasteiger partial charge in [0, 0.05) is 31.7 Å². The van der Waals surface area contributed by atoms with Gasteiger partial charge < -0.3 is 19.5 Å². The van der Waals surface area contributed by atoms with E-state index in [0.29, 0.717) is 31.1 Å². The Balaban J connectivity index is 1.75. The van der Waals surface area contributed by atoms with Crippen LogP contribution in [0.3, 0.4) is 0 Å². The van der Waals surface area contributed by atoms with E-state index >= 15 is 0 Å². The van der Waals surface area contributed by atoms with Gasteiger partial charge in [-0.15, -0.1) is 0 Å². The van der Waals surface area contributed by atoms with E-state index in [-0.39, 0.29) is 28.5 Å². The summed E-state index contributed by atoms with van der Waals surface area (Å²) in [5, 5.41) is 11.3. The van der Waals surface area contributed by atoms with Crippen LogP contribution in [0.5, 0.6) is 5.75 Å². The molecule has 2 aromatic carbocycles. The van der Waals surface area contributed by atoms with Gasteiger partial charge in [-0.1, -0.05) is 23.7 Å². The number of Topliss-reactive ketones (excluding diaryl/α,β-unsaturated/α-hetero) is 1. The summed E-state index contributed by atoms with van der Waals surface area (Å²) in [6.07, 6.45) is 0. The molecule has 2 aliphatic heterocycles. The van der Waals surface area contributed by atoms with Gasteiger partial charge in [0.2, 0.25) is 0 Å². The molecule has 1 unspecified atom stereocenters. The van der Waals surface area contributed by atoms with E-state index in [9.17, 15) is 19.1 Å². The molecule has 174 valence electrons. The van der Waals surface area contributed by atoms with Gasteiger partial charge in [-0.25, -0.2) is 4.39 Å². The summed E-state index contributed by atoms with van der Waals surface area (Å²) in [7, 11) is 1.46. The number of ketones is 1. The first-order chi connectivity index (χ1) is 15.9. The maximum Gasteiger partial charge on any atom is 0.295 e. The Morgan fingerprint density at radius 2 is 1.94 bits per heavy atom. The van der Waals surface area contributed by atoms with E-state index in [1.54, 1.807) is 18.2 Å². The predicted molar refractivity (Wildman–Crippen MR) is 121 cm³/mol. The van der Waals surface area contributed by atoms with Crippen molar-refractivity contribution in [1.82, 2.24) is 9.80 Å². The number of amides is 1. The molecule has 2 heterocycles. The summed E-state index contributed by atoms with van der Waals surface area (Å²) in [6, 6.07) is 9.33. The average molecular weight is 475 g/mol. The normalized spacial score (nSPS) is 20.9. The maximum atomic E-state index is 14.1. The van der Waals surface area contributed by atoms with Crippen molar-refractivity contribution in [2.24, 2.45) is 0 Å². The molecule has 2 fully saturated rings. The lowest BCUT2D eigenvalue weighted by atomic mass is 9.95. The van der Waals surface area contributed by atoms with Crippen LogP contribution in [-0.4, -0.2) is 73.1 Å². The topological polar surface area (TPSA) is 79.3 Å². The average Bonchev–Trinajstić information content (AvgIpc) is 3.07. The number of hydrogen-bond donors (Lipinski definition) is 1. The minimum Gasteiger partial charge on any atom is -0.507 e. The number of benzene rings is 2. The van der Waals surface area contributed by atoms with Crippen LogP contribution in [0.25, 0.3) is 5.76 Å². The molecule has 1 atom stereocenters. The molecular formula is C24H24ClFN2O5. The Kier molecular flexibility index (Phi) is 6.97. The highest BCUT2D eigenvalue weighted by Crippen LogP contribution is 2.40. The maximum absolute atomic E-state index is 14.1. The minimum absolute atomic E-state index is 0.103. The van der Waals surface area contributed by atoms with Gasteiger partial charge in [0.1, 0.15) is 17.3 Å². The summed E-state index contributed by atoms with van der Waals surface area (Å²) in [5.41, 5.74) is 0.555. The monoisotopic (exact) mass is 474 g/mol. The number of carbonyl (C=O) groups excluding carboxylic acids is 2. The fourth-order valence-electron chi connectivity index (χ4n) is 4.18. The summed E-state index contributed by atoms with van der Waals surface area (Å²) in [5.74, 6) is -2.03. The fraction of sp³-hybridized carbons (Fsp3) is 0.333. The van der Waals surface area contributed by atoms with Crippen LogP contribution in [0.1, 0.15) is 17.2 Å². The van der Waals surface area contributed by atoms with E-state index in [0.717, 1.165) is 13.1 Å². The number of carbonyl (C=O) groups is 2. The summed E-state index contributed by atoms with van der Waals surface area (Å²) in [6.45, 7) is 3.41. The number of nitrogens with zero attached hydrogens (tertiary/aromatic N) is 2. The second-order valence-electron chi connectivity index (χ2n) is 7.85. The second-order valence-corrected chi connectivity index (χ2v) is 8.26. The number of ether oxygens (including phenoxy) is 2. The van der Waals surface area contributed by atoms with E-state index in [1.807, 2.05) is 0 Å². The van der Waals surface area contributed by atoms with Crippen molar-refractivity contribution in [2.75, 3.05) is 46.5 Å². The van der Waals surface area contributed by atoms with Crippen LogP contribution >= 0.6 is 11.6 Å². The third-order valence-electron chi connectivity index (χ3n) is 5.89. The number of aliphatic hydroxyl groups excluding tert-OH is 1. The van der Waals surface area contributed by atoms with Crippen molar-refractivity contribution in [3.05, 3.63) is 70.0 Å². The van der Waals surface area contributed by atoms with Crippen molar-refractivity contribution < 1.29 is 28.6 Å². The predicted octanol–water partition coefficient (Wildman–Crippen LogP) is 3.24. The number of morpholine rings is 1. The number of likely N-dealkylation sites (tertiary alicyclic amines) is 1. The van der Waals surface area contributed by atoms with Gasteiger partial charge >= 0.3 is 0 Å². The van der Waals surface area contributed by atoms with Crippen molar-refractivity contribution in [2.45, 2.75) is 6.04 Å². The van der Waals surface area contributed by atoms with E-state index in [4.69, 9.17) is 21.1 Å². The quantitative estimate of drug-likeness (QED) is 0.393. The minimum atomic E-state index is -0.928. The van der Waals surface area contributed by atoms with Crippen LogP contribution in [0.4, 0.5) is 4.39 Å². The van der Waals surface area contributed by atoms with Crippen LogP contribution in [0.2, 0.25) is 5.02 Å². The molecule has 1 N–H and O–H groups in total. The first-order valence-corrected chi connectivity index (χ1v) is 11.0. The highest BCUT2D eigenvalue weighted by atomic mass is 35.5. The van der Waals surface area contributed by atoms with Gasteiger partial charge in [0.25, 0.3) is 11.7 Å². The molecule has 1 amide bonds. The molecule has 0 spiro atoms. The highest BCUT2D eigenvalue weighted by Gasteiger charge is 2.46. The SMILES string of the molecule is COc1ccc(/C(O)=C2/C(=O)C(=O)N(CCN3CCOCC3)C2c2cccc(F)c2)cc1Cl. The molecule has 0 bridgehead atoms. The first kappa shape index (κ1) is 23.2. The third-order valence-corrected chi connectivity index (χ3v) is 6.19. The lowest BCUT2D eigenvalue weighted by molar-refractivity contribution is -0.140. The molecule has 7 nitrogen and oxygen atoms in total. The second kappa shape index (κ2) is 9.91. The summed E-state index contributed by atoms with van der Waals surface area (Å²) >= 11 is 6.20. The van der Waals surface area contributed by atoms with Gasteiger partial charge in [0.05, 0.1) is 37.0 Å². The van der Waals surface area contributed by atoms with Crippen molar-refractivity contribution in [1.29, 1.82) is 0 Å². The highest BCUT2D eigenvalue weighted by molar-refractivity contribution is 6.46. The molecule has 2 saturated heterocycles. The molecule has 2 aromatic rings. The molecule has 0 aromatic heterocycles. The Bertz CT molecular complexity index is 1100. The van der Waals surface area contributed by atoms with Crippen molar-refractivity contribution in [3.63, 3.8) is 0 Å². The van der Waals surface area contributed by atoms with E-state index in [1.165, 1.54) is 36.3 Å². The Hall–Kier alpha value is -2.94. The van der Waals surface area contributed by atoms with Gasteiger partial charge in [0.15, 0.2) is 0 Å². The molecule has 0 radical (unpaired) electrons. The molecule has 0 aliphatic carbocycles. The zero-order valence-electron chi connectivity index (χ0n) is 18.1. The zero-order chi connectivity index (χ0) is 23.5. The lowest BCUT2D eigenvalue weighted by Crippen LogP contribution is -2.42. The Morgan fingerprint density at radius 1 is 1.18 bits per heavy atom. The zero-order valence-corrected chi connectivity index (χ0v) is 18.8.